The molecule has 0 bridgehead atoms. The quantitative estimate of drug-likeness (QED) is 0.766. The zero-order valence-electron chi connectivity index (χ0n) is 11.7. The first-order chi connectivity index (χ1) is 11.1. The van der Waals surface area contributed by atoms with Crippen LogP contribution in [0.2, 0.25) is 0 Å². The molecule has 0 aliphatic rings. The van der Waals surface area contributed by atoms with E-state index in [-0.39, 0.29) is 11.3 Å². The second-order valence-corrected chi connectivity index (χ2v) is 4.74. The van der Waals surface area contributed by atoms with Gasteiger partial charge in [-0.1, -0.05) is 41.6 Å². The van der Waals surface area contributed by atoms with Crippen molar-refractivity contribution in [1.29, 1.82) is 0 Å². The van der Waals surface area contributed by atoms with Crippen molar-refractivity contribution in [2.24, 2.45) is 0 Å². The third-order valence-corrected chi connectivity index (χ3v) is 3.33. The predicted molar refractivity (Wildman–Crippen MR) is 80.7 cm³/mol. The van der Waals surface area contributed by atoms with E-state index in [0.29, 0.717) is 11.3 Å². The summed E-state index contributed by atoms with van der Waals surface area (Å²) in [6.07, 6.45) is 1.11. The zero-order valence-corrected chi connectivity index (χ0v) is 11.7. The van der Waals surface area contributed by atoms with E-state index in [2.05, 4.69) is 10.3 Å². The topological polar surface area (TPSA) is 105 Å². The van der Waals surface area contributed by atoms with Gasteiger partial charge in [0.25, 0.3) is 0 Å². The number of aromatic carboxylic acids is 2. The van der Waals surface area contributed by atoms with E-state index in [1.807, 2.05) is 18.2 Å². The lowest BCUT2D eigenvalue weighted by Crippen LogP contribution is -2.09. The van der Waals surface area contributed by atoms with Crippen LogP contribution < -0.4 is 0 Å². The van der Waals surface area contributed by atoms with Crippen LogP contribution in [0.5, 0.6) is 0 Å². The van der Waals surface area contributed by atoms with Crippen LogP contribution in [0.25, 0.3) is 16.8 Å². The lowest BCUT2D eigenvalue weighted by atomic mass is 9.99. The molecule has 0 aliphatic heterocycles. The molecule has 7 nitrogen and oxygen atoms in total. The number of hydrogen-bond acceptors (Lipinski definition) is 4. The fourth-order valence-electron chi connectivity index (χ4n) is 2.28. The van der Waals surface area contributed by atoms with E-state index in [9.17, 15) is 14.7 Å². The van der Waals surface area contributed by atoms with Crippen LogP contribution in [-0.4, -0.2) is 37.1 Å². The van der Waals surface area contributed by atoms with Gasteiger partial charge in [-0.25, -0.2) is 14.3 Å². The Morgan fingerprint density at radius 3 is 2.35 bits per heavy atom. The SMILES string of the molecule is O=C(O)c1cc(-n2nncc2C(=O)O)ccc1-c1ccccc1. The molecule has 7 heteroatoms. The Hall–Kier alpha value is -3.48. The minimum Gasteiger partial charge on any atom is -0.478 e. The highest BCUT2D eigenvalue weighted by Crippen LogP contribution is 2.26. The Bertz CT molecular complexity index is 887. The van der Waals surface area contributed by atoms with Gasteiger partial charge in [0.1, 0.15) is 0 Å². The molecular formula is C16H11N3O4. The molecular weight excluding hydrogens is 298 g/mol. The number of hydrogen-bond donors (Lipinski definition) is 2. The van der Waals surface area contributed by atoms with Gasteiger partial charge in [0, 0.05) is 0 Å². The fourth-order valence-corrected chi connectivity index (χ4v) is 2.28. The Morgan fingerprint density at radius 1 is 0.957 bits per heavy atom. The first kappa shape index (κ1) is 14.5. The van der Waals surface area contributed by atoms with Crippen LogP contribution in [0.15, 0.2) is 54.7 Å². The summed E-state index contributed by atoms with van der Waals surface area (Å²) in [7, 11) is 0. The van der Waals surface area contributed by atoms with Crippen molar-refractivity contribution < 1.29 is 19.8 Å². The van der Waals surface area contributed by atoms with Crippen LogP contribution >= 0.6 is 0 Å². The van der Waals surface area contributed by atoms with E-state index in [1.54, 1.807) is 24.3 Å². The first-order valence-corrected chi connectivity index (χ1v) is 6.65. The number of carboxylic acid groups (broad SMARTS) is 2. The van der Waals surface area contributed by atoms with E-state index in [4.69, 9.17) is 5.11 Å². The zero-order chi connectivity index (χ0) is 16.4. The smallest absolute Gasteiger partial charge is 0.356 e. The van der Waals surface area contributed by atoms with E-state index in [0.717, 1.165) is 16.4 Å². The fraction of sp³-hybridized carbons (Fsp3) is 0. The highest BCUT2D eigenvalue weighted by atomic mass is 16.4. The minimum absolute atomic E-state index is 0.0561. The number of rotatable bonds is 4. The number of benzene rings is 2. The average molecular weight is 309 g/mol. The third-order valence-electron chi connectivity index (χ3n) is 3.33. The van der Waals surface area contributed by atoms with E-state index < -0.39 is 11.9 Å². The second-order valence-electron chi connectivity index (χ2n) is 4.74. The van der Waals surface area contributed by atoms with Crippen molar-refractivity contribution in [3.63, 3.8) is 0 Å². The van der Waals surface area contributed by atoms with Crippen molar-refractivity contribution in [2.75, 3.05) is 0 Å². The second kappa shape index (κ2) is 5.72. The molecule has 0 aliphatic carbocycles. The van der Waals surface area contributed by atoms with Gasteiger partial charge in [0.05, 0.1) is 17.4 Å². The molecule has 1 aromatic heterocycles. The maximum absolute atomic E-state index is 11.6. The third kappa shape index (κ3) is 2.67. The van der Waals surface area contributed by atoms with Crippen molar-refractivity contribution in [3.8, 4) is 16.8 Å². The highest BCUT2D eigenvalue weighted by Gasteiger charge is 2.17. The largest absolute Gasteiger partial charge is 0.478 e. The van der Waals surface area contributed by atoms with Gasteiger partial charge in [-0.3, -0.25) is 0 Å². The van der Waals surface area contributed by atoms with Crippen molar-refractivity contribution in [2.45, 2.75) is 0 Å². The van der Waals surface area contributed by atoms with Gasteiger partial charge in [0.15, 0.2) is 5.69 Å². The van der Waals surface area contributed by atoms with Gasteiger partial charge in [0.2, 0.25) is 0 Å². The Kier molecular flexibility index (Phi) is 3.60. The summed E-state index contributed by atoms with van der Waals surface area (Å²) in [6.45, 7) is 0. The minimum atomic E-state index is -1.20. The normalized spacial score (nSPS) is 10.4. The summed E-state index contributed by atoms with van der Waals surface area (Å²) in [5.74, 6) is -2.30. The molecule has 114 valence electrons. The molecule has 0 fully saturated rings. The highest BCUT2D eigenvalue weighted by molar-refractivity contribution is 5.97. The van der Waals surface area contributed by atoms with Crippen LogP contribution in [0, 0.1) is 0 Å². The Balaban J connectivity index is 2.16. The van der Waals surface area contributed by atoms with E-state index in [1.165, 1.54) is 6.07 Å². The monoisotopic (exact) mass is 309 g/mol. The molecule has 0 saturated heterocycles. The summed E-state index contributed by atoms with van der Waals surface area (Å²) in [6, 6.07) is 13.7. The molecule has 3 rings (SSSR count). The molecule has 0 radical (unpaired) electrons. The summed E-state index contributed by atoms with van der Waals surface area (Å²) >= 11 is 0. The molecule has 2 N–H and O–H groups in total. The van der Waals surface area contributed by atoms with Gasteiger partial charge in [-0.15, -0.1) is 5.10 Å². The molecule has 1 heterocycles. The summed E-state index contributed by atoms with van der Waals surface area (Å²) < 4.78 is 1.09. The summed E-state index contributed by atoms with van der Waals surface area (Å²) in [4.78, 5) is 22.7. The number of carboxylic acids is 2. The summed E-state index contributed by atoms with van der Waals surface area (Å²) in [5.41, 5.74) is 1.53. The van der Waals surface area contributed by atoms with Crippen molar-refractivity contribution in [1.82, 2.24) is 15.0 Å². The summed E-state index contributed by atoms with van der Waals surface area (Å²) in [5, 5.41) is 25.8. The Morgan fingerprint density at radius 2 is 1.70 bits per heavy atom. The molecule has 3 aromatic rings. The van der Waals surface area contributed by atoms with Crippen molar-refractivity contribution >= 4 is 11.9 Å². The van der Waals surface area contributed by atoms with Crippen LogP contribution in [-0.2, 0) is 0 Å². The number of nitrogens with zero attached hydrogens (tertiary/aromatic N) is 3. The van der Waals surface area contributed by atoms with Gasteiger partial charge >= 0.3 is 11.9 Å². The number of carbonyl (C=O) groups is 2. The lowest BCUT2D eigenvalue weighted by Gasteiger charge is -2.10. The average Bonchev–Trinajstić information content (AvgIpc) is 3.05. The lowest BCUT2D eigenvalue weighted by molar-refractivity contribution is 0.0681. The molecule has 0 atom stereocenters. The molecule has 0 saturated carbocycles. The number of aromatic nitrogens is 3. The molecule has 0 amide bonds. The molecule has 0 spiro atoms. The molecule has 23 heavy (non-hydrogen) atoms. The van der Waals surface area contributed by atoms with Crippen molar-refractivity contribution in [3.05, 3.63) is 66.0 Å². The molecule has 0 unspecified atom stereocenters. The predicted octanol–water partition coefficient (Wildman–Crippen LogP) is 2.33. The molecule has 2 aromatic carbocycles. The van der Waals surface area contributed by atoms with Crippen LogP contribution in [0.1, 0.15) is 20.8 Å². The van der Waals surface area contributed by atoms with E-state index >= 15 is 0 Å². The maximum Gasteiger partial charge on any atom is 0.356 e. The van der Waals surface area contributed by atoms with Gasteiger partial charge < -0.3 is 10.2 Å². The van der Waals surface area contributed by atoms with Crippen LogP contribution in [0.4, 0.5) is 0 Å². The maximum atomic E-state index is 11.6. The van der Waals surface area contributed by atoms with Gasteiger partial charge in [-0.05, 0) is 23.3 Å². The first-order valence-electron chi connectivity index (χ1n) is 6.65. The Labute approximate surface area is 130 Å². The standard InChI is InChI=1S/C16H11N3O4/c20-15(21)13-8-11(19-14(16(22)23)9-17-18-19)6-7-12(13)10-4-2-1-3-5-10/h1-9H,(H,20,21)(H,22,23). The van der Waals surface area contributed by atoms with Gasteiger partial charge in [-0.2, -0.15) is 0 Å². The van der Waals surface area contributed by atoms with Crippen LogP contribution in [0.3, 0.4) is 0 Å².